The Morgan fingerprint density at radius 2 is 2.35 bits per heavy atom. The first-order chi connectivity index (χ1) is 9.64. The summed E-state index contributed by atoms with van der Waals surface area (Å²) >= 11 is 1.63. The molecule has 0 aromatic carbocycles. The summed E-state index contributed by atoms with van der Waals surface area (Å²) in [7, 11) is 0. The van der Waals surface area contributed by atoms with Gasteiger partial charge in [0.1, 0.15) is 0 Å². The Morgan fingerprint density at radius 1 is 1.50 bits per heavy atom. The molecule has 2 unspecified atom stereocenters. The van der Waals surface area contributed by atoms with Gasteiger partial charge in [0.15, 0.2) is 0 Å². The molecule has 2 fully saturated rings. The number of β-lactam (4-membered cyclic amide) rings is 1. The minimum absolute atomic E-state index is 0.0770. The van der Waals surface area contributed by atoms with Crippen molar-refractivity contribution in [2.24, 2.45) is 5.41 Å². The second kappa shape index (κ2) is 5.45. The van der Waals surface area contributed by atoms with E-state index in [0.717, 1.165) is 45.4 Å². The zero-order chi connectivity index (χ0) is 14.2. The highest BCUT2D eigenvalue weighted by Gasteiger charge is 2.53. The van der Waals surface area contributed by atoms with Gasteiger partial charge in [-0.25, -0.2) is 0 Å². The third-order valence-electron chi connectivity index (χ3n) is 4.89. The topological polar surface area (TPSA) is 36.4 Å². The van der Waals surface area contributed by atoms with E-state index in [2.05, 4.69) is 23.7 Å². The second-order valence-electron chi connectivity index (χ2n) is 6.24. The Balaban J connectivity index is 1.62. The Morgan fingerprint density at radius 3 is 3.00 bits per heavy atom. The van der Waals surface area contributed by atoms with Crippen LogP contribution in [0.2, 0.25) is 0 Å². The van der Waals surface area contributed by atoms with Crippen LogP contribution in [-0.4, -0.2) is 46.4 Å². The third kappa shape index (κ3) is 2.37. The van der Waals surface area contributed by atoms with E-state index in [9.17, 15) is 4.79 Å². The molecule has 2 aliphatic rings. The Kier molecular flexibility index (Phi) is 3.82. The molecule has 1 amide bonds. The molecule has 0 aliphatic carbocycles. The van der Waals surface area contributed by atoms with Gasteiger partial charge in [0, 0.05) is 30.2 Å². The van der Waals surface area contributed by atoms with Gasteiger partial charge in [0.25, 0.3) is 0 Å². The number of carbonyl (C=O) groups excluding carboxylic acids is 1. The molecule has 1 aromatic heterocycles. The lowest BCUT2D eigenvalue weighted by Gasteiger charge is -2.54. The zero-order valence-electron chi connectivity index (χ0n) is 12.3. The van der Waals surface area contributed by atoms with Crippen molar-refractivity contribution in [1.82, 2.24) is 14.8 Å². The number of rotatable bonds is 4. The average Bonchev–Trinajstić information content (AvgIpc) is 2.99. The molecule has 2 aliphatic heterocycles. The fourth-order valence-corrected chi connectivity index (χ4v) is 4.10. The maximum Gasteiger partial charge on any atom is 0.232 e. The number of carbonyl (C=O) groups is 1. The molecule has 110 valence electrons. The minimum atomic E-state index is -0.0770. The largest absolute Gasteiger partial charge is 0.336 e. The van der Waals surface area contributed by atoms with Gasteiger partial charge in [0.2, 0.25) is 5.91 Å². The number of aromatic nitrogens is 1. The van der Waals surface area contributed by atoms with Gasteiger partial charge in [-0.15, -0.1) is 11.3 Å². The van der Waals surface area contributed by atoms with Crippen LogP contribution in [0.5, 0.6) is 0 Å². The first kappa shape index (κ1) is 14.0. The number of thiazole rings is 1. The van der Waals surface area contributed by atoms with Crippen molar-refractivity contribution in [3.05, 3.63) is 16.6 Å². The van der Waals surface area contributed by atoms with Crippen LogP contribution in [0, 0.1) is 5.41 Å². The van der Waals surface area contributed by atoms with Gasteiger partial charge in [-0.1, -0.05) is 6.92 Å². The quantitative estimate of drug-likeness (QED) is 0.800. The van der Waals surface area contributed by atoms with Gasteiger partial charge >= 0.3 is 0 Å². The fraction of sp³-hybridized carbons (Fsp3) is 0.733. The lowest BCUT2D eigenvalue weighted by Crippen LogP contribution is -2.67. The molecule has 0 N–H and O–H groups in total. The third-order valence-corrected chi connectivity index (χ3v) is 5.65. The summed E-state index contributed by atoms with van der Waals surface area (Å²) in [4.78, 5) is 22.4. The SMILES string of the molecule is CCC(C)N1CCCC2(CN(Cc3cncs3)C2=O)C1. The number of piperidine rings is 1. The molecule has 3 heterocycles. The molecule has 20 heavy (non-hydrogen) atoms. The maximum atomic E-state index is 12.6. The van der Waals surface area contributed by atoms with Gasteiger partial charge in [-0.2, -0.15) is 0 Å². The van der Waals surface area contributed by atoms with Crippen LogP contribution in [0.15, 0.2) is 11.7 Å². The van der Waals surface area contributed by atoms with Crippen molar-refractivity contribution in [3.63, 3.8) is 0 Å². The minimum Gasteiger partial charge on any atom is -0.336 e. The van der Waals surface area contributed by atoms with Crippen LogP contribution < -0.4 is 0 Å². The predicted molar refractivity (Wildman–Crippen MR) is 80.5 cm³/mol. The highest BCUT2D eigenvalue weighted by Crippen LogP contribution is 2.41. The molecule has 0 saturated carbocycles. The van der Waals surface area contributed by atoms with Crippen LogP contribution in [0.3, 0.4) is 0 Å². The molecule has 2 saturated heterocycles. The standard InChI is InChI=1S/C15H23N3OS/c1-3-12(2)17-6-4-5-15(9-17)10-18(14(15)19)8-13-7-16-11-20-13/h7,11-12H,3-6,8-10H2,1-2H3. The normalized spacial score (nSPS) is 28.7. The van der Waals surface area contributed by atoms with Gasteiger partial charge in [-0.05, 0) is 32.7 Å². The van der Waals surface area contributed by atoms with E-state index in [1.54, 1.807) is 11.3 Å². The van der Waals surface area contributed by atoms with Crippen LogP contribution in [0.1, 0.15) is 38.0 Å². The highest BCUT2D eigenvalue weighted by molar-refractivity contribution is 7.09. The van der Waals surface area contributed by atoms with Crippen molar-refractivity contribution in [1.29, 1.82) is 0 Å². The second-order valence-corrected chi connectivity index (χ2v) is 7.21. The van der Waals surface area contributed by atoms with Crippen LogP contribution >= 0.6 is 11.3 Å². The molecule has 0 bridgehead atoms. The molecule has 2 atom stereocenters. The maximum absolute atomic E-state index is 12.6. The van der Waals surface area contributed by atoms with E-state index in [4.69, 9.17) is 0 Å². The smallest absolute Gasteiger partial charge is 0.232 e. The van der Waals surface area contributed by atoms with E-state index in [-0.39, 0.29) is 5.41 Å². The fourth-order valence-electron chi connectivity index (χ4n) is 3.49. The summed E-state index contributed by atoms with van der Waals surface area (Å²) in [5, 5.41) is 0. The average molecular weight is 293 g/mol. The summed E-state index contributed by atoms with van der Waals surface area (Å²) in [5.74, 6) is 0.360. The number of amides is 1. The summed E-state index contributed by atoms with van der Waals surface area (Å²) in [6.45, 7) is 8.28. The van der Waals surface area contributed by atoms with Gasteiger partial charge < -0.3 is 4.90 Å². The van der Waals surface area contributed by atoms with Gasteiger partial charge in [-0.3, -0.25) is 14.7 Å². The summed E-state index contributed by atoms with van der Waals surface area (Å²) in [5.41, 5.74) is 1.76. The van der Waals surface area contributed by atoms with E-state index < -0.39 is 0 Å². The predicted octanol–water partition coefficient (Wildman–Crippen LogP) is 2.37. The molecule has 4 nitrogen and oxygen atoms in total. The number of hydrogen-bond donors (Lipinski definition) is 0. The first-order valence-electron chi connectivity index (χ1n) is 7.55. The highest BCUT2D eigenvalue weighted by atomic mass is 32.1. The number of hydrogen-bond acceptors (Lipinski definition) is 4. The van der Waals surface area contributed by atoms with Crippen molar-refractivity contribution < 1.29 is 4.79 Å². The number of nitrogens with zero attached hydrogens (tertiary/aromatic N) is 3. The molecule has 1 spiro atoms. The van der Waals surface area contributed by atoms with Crippen molar-refractivity contribution >= 4 is 17.2 Å². The first-order valence-corrected chi connectivity index (χ1v) is 8.43. The number of likely N-dealkylation sites (tertiary alicyclic amines) is 2. The van der Waals surface area contributed by atoms with Gasteiger partial charge in [0.05, 0.1) is 17.5 Å². The van der Waals surface area contributed by atoms with Crippen molar-refractivity contribution in [2.45, 2.75) is 45.7 Å². The van der Waals surface area contributed by atoms with Crippen LogP contribution in [0.4, 0.5) is 0 Å². The lowest BCUT2D eigenvalue weighted by molar-refractivity contribution is -0.168. The van der Waals surface area contributed by atoms with E-state index in [1.165, 1.54) is 4.88 Å². The zero-order valence-corrected chi connectivity index (χ0v) is 13.2. The molecule has 0 radical (unpaired) electrons. The monoisotopic (exact) mass is 293 g/mol. The molecular weight excluding hydrogens is 270 g/mol. The Labute approximate surface area is 124 Å². The molecule has 5 heteroatoms. The molecule has 3 rings (SSSR count). The van der Waals surface area contributed by atoms with Crippen LogP contribution in [0.25, 0.3) is 0 Å². The summed E-state index contributed by atoms with van der Waals surface area (Å²) in [6, 6.07) is 0.593. The van der Waals surface area contributed by atoms with Crippen molar-refractivity contribution in [2.75, 3.05) is 19.6 Å². The molecular formula is C15H23N3OS. The van der Waals surface area contributed by atoms with E-state index in [1.807, 2.05) is 16.6 Å². The van der Waals surface area contributed by atoms with E-state index in [0.29, 0.717) is 11.9 Å². The van der Waals surface area contributed by atoms with E-state index >= 15 is 0 Å². The lowest BCUT2D eigenvalue weighted by atomic mass is 9.72. The summed E-state index contributed by atoms with van der Waals surface area (Å²) in [6.07, 6.45) is 5.26. The van der Waals surface area contributed by atoms with Crippen molar-refractivity contribution in [3.8, 4) is 0 Å². The Hall–Kier alpha value is -0.940. The van der Waals surface area contributed by atoms with Crippen LogP contribution in [-0.2, 0) is 11.3 Å². The Bertz CT molecular complexity index is 475. The summed E-state index contributed by atoms with van der Waals surface area (Å²) < 4.78 is 0. The molecule has 1 aromatic rings.